The SMILES string of the molecule is CC1=NC(N)c2ncn(C3CC(C)C(CO)O3)c2N1. The number of aliphatic imine (C=N–C) groups is 1. The van der Waals surface area contributed by atoms with Crippen molar-refractivity contribution in [3.05, 3.63) is 12.0 Å². The van der Waals surface area contributed by atoms with Crippen LogP contribution in [-0.4, -0.2) is 33.2 Å². The molecule has 0 saturated carbocycles. The van der Waals surface area contributed by atoms with Gasteiger partial charge in [-0.1, -0.05) is 6.92 Å². The molecule has 0 amide bonds. The molecule has 2 aliphatic heterocycles. The number of imidazole rings is 1. The van der Waals surface area contributed by atoms with Crippen molar-refractivity contribution in [2.24, 2.45) is 16.6 Å². The average Bonchev–Trinajstić information content (AvgIpc) is 2.92. The van der Waals surface area contributed by atoms with Crippen molar-refractivity contribution in [2.45, 2.75) is 38.8 Å². The Labute approximate surface area is 111 Å². The molecule has 3 rings (SSSR count). The molecule has 1 aromatic heterocycles. The van der Waals surface area contributed by atoms with Crippen LogP contribution in [0.15, 0.2) is 11.3 Å². The fourth-order valence-electron chi connectivity index (χ4n) is 2.68. The summed E-state index contributed by atoms with van der Waals surface area (Å²) in [6, 6.07) is 0. The van der Waals surface area contributed by atoms with Gasteiger partial charge in [0, 0.05) is 0 Å². The first-order valence-corrected chi connectivity index (χ1v) is 6.50. The van der Waals surface area contributed by atoms with Gasteiger partial charge in [-0.2, -0.15) is 0 Å². The van der Waals surface area contributed by atoms with E-state index in [0.717, 1.165) is 23.8 Å². The normalized spacial score (nSPS) is 33.8. The highest BCUT2D eigenvalue weighted by Gasteiger charge is 2.35. The number of anilines is 1. The quantitative estimate of drug-likeness (QED) is 0.727. The second-order valence-electron chi connectivity index (χ2n) is 5.19. The number of nitrogens with zero attached hydrogens (tertiary/aromatic N) is 3. The number of ether oxygens (including phenoxy) is 1. The summed E-state index contributed by atoms with van der Waals surface area (Å²) in [6.45, 7) is 3.99. The van der Waals surface area contributed by atoms with E-state index in [1.165, 1.54) is 0 Å². The molecule has 1 fully saturated rings. The lowest BCUT2D eigenvalue weighted by atomic mass is 10.0. The Morgan fingerprint density at radius 1 is 1.63 bits per heavy atom. The number of fused-ring (bicyclic) bond motifs is 1. The van der Waals surface area contributed by atoms with E-state index in [9.17, 15) is 5.11 Å². The van der Waals surface area contributed by atoms with Gasteiger partial charge in [0.05, 0.1) is 19.0 Å². The lowest BCUT2D eigenvalue weighted by Gasteiger charge is -2.21. The molecule has 4 atom stereocenters. The summed E-state index contributed by atoms with van der Waals surface area (Å²) < 4.78 is 7.80. The van der Waals surface area contributed by atoms with Crippen LogP contribution in [0.3, 0.4) is 0 Å². The fraction of sp³-hybridized carbons (Fsp3) is 0.667. The molecule has 19 heavy (non-hydrogen) atoms. The first-order valence-electron chi connectivity index (χ1n) is 6.50. The number of hydrogen-bond donors (Lipinski definition) is 3. The monoisotopic (exact) mass is 265 g/mol. The minimum atomic E-state index is -0.426. The number of hydrogen-bond acceptors (Lipinski definition) is 6. The molecule has 4 unspecified atom stereocenters. The Balaban J connectivity index is 1.89. The molecule has 0 bridgehead atoms. The maximum absolute atomic E-state index is 9.27. The van der Waals surface area contributed by atoms with Gasteiger partial charge >= 0.3 is 0 Å². The van der Waals surface area contributed by atoms with Gasteiger partial charge < -0.3 is 20.9 Å². The number of nitrogens with two attached hydrogens (primary N) is 1. The molecule has 104 valence electrons. The first-order chi connectivity index (χ1) is 9.10. The predicted octanol–water partition coefficient (Wildman–Crippen LogP) is 0.600. The topological polar surface area (TPSA) is 97.7 Å². The van der Waals surface area contributed by atoms with Crippen LogP contribution in [0.2, 0.25) is 0 Å². The van der Waals surface area contributed by atoms with E-state index < -0.39 is 6.17 Å². The van der Waals surface area contributed by atoms with Gasteiger partial charge in [-0.05, 0) is 19.3 Å². The Morgan fingerprint density at radius 2 is 2.42 bits per heavy atom. The third kappa shape index (κ3) is 2.03. The summed E-state index contributed by atoms with van der Waals surface area (Å²) in [7, 11) is 0. The third-order valence-corrected chi connectivity index (χ3v) is 3.76. The highest BCUT2D eigenvalue weighted by molar-refractivity contribution is 5.95. The minimum Gasteiger partial charge on any atom is -0.394 e. The van der Waals surface area contributed by atoms with E-state index in [4.69, 9.17) is 10.5 Å². The van der Waals surface area contributed by atoms with E-state index in [2.05, 4.69) is 22.2 Å². The van der Waals surface area contributed by atoms with Crippen molar-refractivity contribution in [3.8, 4) is 0 Å². The van der Waals surface area contributed by atoms with Crippen LogP contribution in [0.5, 0.6) is 0 Å². The predicted molar refractivity (Wildman–Crippen MR) is 70.7 cm³/mol. The van der Waals surface area contributed by atoms with Crippen molar-refractivity contribution in [2.75, 3.05) is 11.9 Å². The molecule has 2 aliphatic rings. The summed E-state index contributed by atoms with van der Waals surface area (Å²) in [4.78, 5) is 8.56. The van der Waals surface area contributed by atoms with Crippen LogP contribution in [0.25, 0.3) is 0 Å². The lowest BCUT2D eigenvalue weighted by molar-refractivity contribution is -0.0284. The first kappa shape index (κ1) is 12.6. The molecule has 1 aromatic rings. The van der Waals surface area contributed by atoms with E-state index >= 15 is 0 Å². The largest absolute Gasteiger partial charge is 0.394 e. The maximum atomic E-state index is 9.27. The standard InChI is InChI=1S/C12H19N5O2/c1-6-3-9(19-8(6)4-18)17-5-14-10-11(13)15-7(2)16-12(10)17/h5-6,8-9,11,18H,3-4,13H2,1-2H3,(H,15,16). The van der Waals surface area contributed by atoms with Crippen LogP contribution in [0.1, 0.15) is 38.4 Å². The molecular weight excluding hydrogens is 246 g/mol. The molecule has 0 radical (unpaired) electrons. The second-order valence-corrected chi connectivity index (χ2v) is 5.19. The fourth-order valence-corrected chi connectivity index (χ4v) is 2.68. The molecular formula is C12H19N5O2. The van der Waals surface area contributed by atoms with Gasteiger partial charge in [0.15, 0.2) is 0 Å². The number of nitrogens with one attached hydrogen (secondary N) is 1. The highest BCUT2D eigenvalue weighted by Crippen LogP contribution is 2.37. The molecule has 1 saturated heterocycles. The van der Waals surface area contributed by atoms with Crippen molar-refractivity contribution in [1.82, 2.24) is 9.55 Å². The molecule has 7 nitrogen and oxygen atoms in total. The Hall–Kier alpha value is -1.44. The van der Waals surface area contributed by atoms with Gasteiger partial charge in [0.1, 0.15) is 29.7 Å². The Morgan fingerprint density at radius 3 is 3.11 bits per heavy atom. The summed E-state index contributed by atoms with van der Waals surface area (Å²) in [5.41, 5.74) is 6.68. The number of amidine groups is 1. The highest BCUT2D eigenvalue weighted by atomic mass is 16.5. The summed E-state index contributed by atoms with van der Waals surface area (Å²) in [5, 5.41) is 12.5. The summed E-state index contributed by atoms with van der Waals surface area (Å²) in [5.74, 6) is 1.93. The molecule has 3 heterocycles. The van der Waals surface area contributed by atoms with Crippen molar-refractivity contribution in [1.29, 1.82) is 0 Å². The van der Waals surface area contributed by atoms with Gasteiger partial charge in [0.25, 0.3) is 0 Å². The van der Waals surface area contributed by atoms with Gasteiger partial charge in [-0.25, -0.2) is 9.98 Å². The van der Waals surface area contributed by atoms with E-state index in [1.54, 1.807) is 6.33 Å². The van der Waals surface area contributed by atoms with Crippen molar-refractivity contribution in [3.63, 3.8) is 0 Å². The summed E-state index contributed by atoms with van der Waals surface area (Å²) in [6.07, 6.45) is 1.92. The van der Waals surface area contributed by atoms with Gasteiger partial charge in [0.2, 0.25) is 0 Å². The minimum absolute atomic E-state index is 0.0436. The molecule has 0 spiro atoms. The van der Waals surface area contributed by atoms with E-state index in [1.807, 2.05) is 11.5 Å². The summed E-state index contributed by atoms with van der Waals surface area (Å²) >= 11 is 0. The average molecular weight is 265 g/mol. The number of aliphatic hydroxyl groups excluding tert-OH is 1. The van der Waals surface area contributed by atoms with Crippen molar-refractivity contribution >= 4 is 11.7 Å². The molecule has 0 aliphatic carbocycles. The van der Waals surface area contributed by atoms with E-state index in [-0.39, 0.29) is 18.9 Å². The van der Waals surface area contributed by atoms with E-state index in [0.29, 0.717) is 5.92 Å². The molecule has 7 heteroatoms. The zero-order valence-electron chi connectivity index (χ0n) is 11.1. The van der Waals surface area contributed by atoms with Gasteiger partial charge in [-0.15, -0.1) is 0 Å². The number of rotatable bonds is 2. The second kappa shape index (κ2) is 4.59. The Kier molecular flexibility index (Phi) is 3.04. The Bertz CT molecular complexity index is 512. The van der Waals surface area contributed by atoms with Crippen LogP contribution < -0.4 is 11.1 Å². The molecule has 4 N–H and O–H groups in total. The lowest BCUT2D eigenvalue weighted by Crippen LogP contribution is -2.24. The van der Waals surface area contributed by atoms with Crippen molar-refractivity contribution < 1.29 is 9.84 Å². The maximum Gasteiger partial charge on any atom is 0.145 e. The number of aromatic nitrogens is 2. The zero-order chi connectivity index (χ0) is 13.6. The number of aliphatic hydroxyl groups is 1. The third-order valence-electron chi connectivity index (χ3n) is 3.76. The van der Waals surface area contributed by atoms with Crippen LogP contribution in [-0.2, 0) is 4.74 Å². The van der Waals surface area contributed by atoms with Crippen LogP contribution in [0.4, 0.5) is 5.82 Å². The van der Waals surface area contributed by atoms with Gasteiger partial charge in [-0.3, -0.25) is 4.57 Å². The van der Waals surface area contributed by atoms with Crippen LogP contribution in [0, 0.1) is 5.92 Å². The zero-order valence-corrected chi connectivity index (χ0v) is 11.1. The molecule has 0 aromatic carbocycles. The van der Waals surface area contributed by atoms with Crippen LogP contribution >= 0.6 is 0 Å². The smallest absolute Gasteiger partial charge is 0.145 e.